The molecule has 12 heavy (non-hydrogen) atoms. The molecule has 0 aromatic carbocycles. The van der Waals surface area contributed by atoms with Crippen LogP contribution in [0.4, 0.5) is 0 Å². The van der Waals surface area contributed by atoms with E-state index in [4.69, 9.17) is 6.42 Å². The van der Waals surface area contributed by atoms with Crippen molar-refractivity contribution >= 4 is 11.9 Å². The maximum absolute atomic E-state index is 10.6. The molecular weight excluding hydrogens is 158 g/mol. The minimum atomic E-state index is -0.628. The van der Waals surface area contributed by atoms with Crippen LogP contribution in [0, 0.1) is 12.3 Å². The number of terminal acetylenes is 1. The summed E-state index contributed by atoms with van der Waals surface area (Å²) in [6.07, 6.45) is 6.91. The van der Waals surface area contributed by atoms with Crippen molar-refractivity contribution in [3.8, 4) is 12.3 Å². The highest BCUT2D eigenvalue weighted by molar-refractivity contribution is 5.94. The van der Waals surface area contributed by atoms with Crippen LogP contribution in [0.2, 0.25) is 0 Å². The van der Waals surface area contributed by atoms with Crippen LogP contribution in [0.25, 0.3) is 0 Å². The average Bonchev–Trinajstić information content (AvgIpc) is 2.10. The molecule has 0 saturated carbocycles. The number of amides is 1. The van der Waals surface area contributed by atoms with Gasteiger partial charge in [-0.2, -0.15) is 0 Å². The number of ether oxygens (including phenoxy) is 1. The number of nitrogens with one attached hydrogen (secondary N) is 1. The van der Waals surface area contributed by atoms with Crippen molar-refractivity contribution in [3.63, 3.8) is 0 Å². The van der Waals surface area contributed by atoms with Gasteiger partial charge in [0.15, 0.2) is 6.61 Å². The molecule has 64 valence electrons. The van der Waals surface area contributed by atoms with Gasteiger partial charge in [-0.3, -0.25) is 4.79 Å². The number of carbonyl (C=O) groups excluding carboxylic acids is 2. The van der Waals surface area contributed by atoms with E-state index >= 15 is 0 Å². The fourth-order valence-corrected chi connectivity index (χ4v) is 0.388. The monoisotopic (exact) mass is 167 g/mol. The molecule has 0 heterocycles. The standard InChI is InChI=1S/C8H9NO3/c1-3-6-12-8(11)5-4-7(10)9-2/h1,4-5H,6H2,2H3,(H,9,10). The molecule has 1 amide bonds. The molecule has 0 atom stereocenters. The Labute approximate surface area is 70.6 Å². The number of hydrogen-bond donors (Lipinski definition) is 1. The third kappa shape index (κ3) is 5.06. The molecule has 0 aromatic heterocycles. The van der Waals surface area contributed by atoms with Crippen LogP contribution in [0.15, 0.2) is 12.2 Å². The quantitative estimate of drug-likeness (QED) is 0.349. The third-order valence-electron chi connectivity index (χ3n) is 0.915. The van der Waals surface area contributed by atoms with Crippen LogP contribution in [-0.2, 0) is 14.3 Å². The Morgan fingerprint density at radius 3 is 2.75 bits per heavy atom. The molecule has 0 rings (SSSR count). The van der Waals surface area contributed by atoms with E-state index < -0.39 is 5.97 Å². The fourth-order valence-electron chi connectivity index (χ4n) is 0.388. The molecule has 0 fully saturated rings. The summed E-state index contributed by atoms with van der Waals surface area (Å²) >= 11 is 0. The molecule has 1 N–H and O–H groups in total. The molecule has 0 bridgehead atoms. The first-order valence-corrected chi connectivity index (χ1v) is 3.20. The van der Waals surface area contributed by atoms with Crippen LogP contribution < -0.4 is 5.32 Å². The Kier molecular flexibility index (Phi) is 5.11. The summed E-state index contributed by atoms with van der Waals surface area (Å²) in [5, 5.41) is 2.30. The van der Waals surface area contributed by atoms with Crippen molar-refractivity contribution in [2.75, 3.05) is 13.7 Å². The molecule has 4 heteroatoms. The molecule has 0 aromatic rings. The first-order chi connectivity index (χ1) is 5.70. The molecule has 0 saturated heterocycles. The highest BCUT2D eigenvalue weighted by Crippen LogP contribution is 1.80. The summed E-state index contributed by atoms with van der Waals surface area (Å²) in [5.41, 5.74) is 0. The predicted octanol–water partition coefficient (Wildman–Crippen LogP) is -0.535. The van der Waals surface area contributed by atoms with Crippen LogP contribution in [0.1, 0.15) is 0 Å². The lowest BCUT2D eigenvalue weighted by molar-refractivity contribution is -0.136. The van der Waals surface area contributed by atoms with E-state index in [0.717, 1.165) is 12.2 Å². The van der Waals surface area contributed by atoms with Gasteiger partial charge in [-0.25, -0.2) is 4.79 Å². The van der Waals surface area contributed by atoms with Crippen molar-refractivity contribution in [1.29, 1.82) is 0 Å². The minimum absolute atomic E-state index is 0.0864. The Hall–Kier alpha value is -1.76. The van der Waals surface area contributed by atoms with Gasteiger partial charge in [0, 0.05) is 19.2 Å². The highest BCUT2D eigenvalue weighted by atomic mass is 16.5. The summed E-state index contributed by atoms with van der Waals surface area (Å²) < 4.78 is 4.44. The van der Waals surface area contributed by atoms with E-state index in [1.807, 2.05) is 0 Å². The van der Waals surface area contributed by atoms with Crippen LogP contribution in [0.3, 0.4) is 0 Å². The first kappa shape index (κ1) is 10.2. The maximum atomic E-state index is 10.6. The molecule has 4 nitrogen and oxygen atoms in total. The Morgan fingerprint density at radius 1 is 1.58 bits per heavy atom. The van der Waals surface area contributed by atoms with E-state index in [9.17, 15) is 9.59 Å². The average molecular weight is 167 g/mol. The molecule has 0 unspecified atom stereocenters. The van der Waals surface area contributed by atoms with Gasteiger partial charge in [0.1, 0.15) is 0 Å². The van der Waals surface area contributed by atoms with Crippen molar-refractivity contribution in [2.24, 2.45) is 0 Å². The molecule has 0 radical (unpaired) electrons. The zero-order valence-corrected chi connectivity index (χ0v) is 6.66. The molecule has 0 aliphatic rings. The van der Waals surface area contributed by atoms with Gasteiger partial charge in [0.05, 0.1) is 0 Å². The van der Waals surface area contributed by atoms with Crippen LogP contribution >= 0.6 is 0 Å². The highest BCUT2D eigenvalue weighted by Gasteiger charge is 1.95. The SMILES string of the molecule is C#CCOC(=O)C=CC(=O)NC. The Balaban J connectivity index is 3.77. The van der Waals surface area contributed by atoms with Crippen molar-refractivity contribution in [2.45, 2.75) is 0 Å². The zero-order valence-electron chi connectivity index (χ0n) is 6.66. The number of carbonyl (C=O) groups is 2. The predicted molar refractivity (Wildman–Crippen MR) is 43.0 cm³/mol. The van der Waals surface area contributed by atoms with E-state index in [2.05, 4.69) is 16.0 Å². The van der Waals surface area contributed by atoms with E-state index in [1.165, 1.54) is 7.05 Å². The second-order valence-corrected chi connectivity index (χ2v) is 1.76. The Morgan fingerprint density at radius 2 is 2.25 bits per heavy atom. The van der Waals surface area contributed by atoms with Gasteiger partial charge in [-0.15, -0.1) is 6.42 Å². The Bertz CT molecular complexity index is 237. The van der Waals surface area contributed by atoms with E-state index in [0.29, 0.717) is 0 Å². The fraction of sp³-hybridized carbons (Fsp3) is 0.250. The van der Waals surface area contributed by atoms with Crippen molar-refractivity contribution in [1.82, 2.24) is 5.32 Å². The van der Waals surface area contributed by atoms with E-state index in [-0.39, 0.29) is 12.5 Å². The number of hydrogen-bond acceptors (Lipinski definition) is 3. The van der Waals surface area contributed by atoms with Gasteiger partial charge in [-0.1, -0.05) is 5.92 Å². The van der Waals surface area contributed by atoms with Crippen LogP contribution in [0.5, 0.6) is 0 Å². The number of rotatable bonds is 3. The van der Waals surface area contributed by atoms with Gasteiger partial charge in [0.25, 0.3) is 0 Å². The largest absolute Gasteiger partial charge is 0.449 e. The normalized spacial score (nSPS) is 9.00. The first-order valence-electron chi connectivity index (χ1n) is 3.20. The smallest absolute Gasteiger partial charge is 0.331 e. The van der Waals surface area contributed by atoms with E-state index in [1.54, 1.807) is 0 Å². The molecule has 0 spiro atoms. The molecule has 0 aliphatic heterocycles. The number of likely N-dealkylation sites (N-methyl/N-ethyl adjacent to an activating group) is 1. The lowest BCUT2D eigenvalue weighted by Gasteiger charge is -1.93. The van der Waals surface area contributed by atoms with Crippen molar-refractivity contribution in [3.05, 3.63) is 12.2 Å². The summed E-state index contributed by atoms with van der Waals surface area (Å²) in [6.45, 7) is -0.0864. The maximum Gasteiger partial charge on any atom is 0.331 e. The topological polar surface area (TPSA) is 55.4 Å². The van der Waals surface area contributed by atoms with Crippen molar-refractivity contribution < 1.29 is 14.3 Å². The number of esters is 1. The second-order valence-electron chi connectivity index (χ2n) is 1.76. The minimum Gasteiger partial charge on any atom is -0.449 e. The summed E-state index contributed by atoms with van der Waals surface area (Å²) in [6, 6.07) is 0. The summed E-state index contributed by atoms with van der Waals surface area (Å²) in [7, 11) is 1.46. The lowest BCUT2D eigenvalue weighted by atomic mass is 10.5. The van der Waals surface area contributed by atoms with Gasteiger partial charge in [0.2, 0.25) is 5.91 Å². The molecular formula is C8H9NO3. The second kappa shape index (κ2) is 5.98. The summed E-state index contributed by atoms with van der Waals surface area (Å²) in [4.78, 5) is 21.2. The van der Waals surface area contributed by atoms with Gasteiger partial charge < -0.3 is 10.1 Å². The van der Waals surface area contributed by atoms with Gasteiger partial charge in [-0.05, 0) is 0 Å². The molecule has 0 aliphatic carbocycles. The zero-order chi connectivity index (χ0) is 9.40. The summed E-state index contributed by atoms with van der Waals surface area (Å²) in [5.74, 6) is 1.13. The lowest BCUT2D eigenvalue weighted by Crippen LogP contribution is -2.15. The van der Waals surface area contributed by atoms with Crippen LogP contribution in [-0.4, -0.2) is 25.5 Å². The van der Waals surface area contributed by atoms with Gasteiger partial charge >= 0.3 is 5.97 Å². The third-order valence-corrected chi connectivity index (χ3v) is 0.915.